The summed E-state index contributed by atoms with van der Waals surface area (Å²) in [5.74, 6) is -0.191. The average molecular weight is 500 g/mol. The fourth-order valence-corrected chi connectivity index (χ4v) is 4.37. The van der Waals surface area contributed by atoms with Gasteiger partial charge in [-0.1, -0.05) is 41.9 Å². The van der Waals surface area contributed by atoms with Crippen LogP contribution in [-0.2, 0) is 16.1 Å². The van der Waals surface area contributed by atoms with E-state index in [-0.39, 0.29) is 36.7 Å². The summed E-state index contributed by atoms with van der Waals surface area (Å²) < 4.78 is 1.86. The average Bonchev–Trinajstić information content (AvgIpc) is 3.29. The summed E-state index contributed by atoms with van der Waals surface area (Å²) in [6, 6.07) is 16.3. The van der Waals surface area contributed by atoms with E-state index in [2.05, 4.69) is 15.5 Å². The van der Waals surface area contributed by atoms with Crippen LogP contribution < -0.4 is 5.32 Å². The number of carbonyl (C=O) groups excluding carboxylic acids is 3. The van der Waals surface area contributed by atoms with Gasteiger partial charge in [-0.3, -0.25) is 28.9 Å². The van der Waals surface area contributed by atoms with Crippen LogP contribution >= 0.6 is 35.6 Å². The van der Waals surface area contributed by atoms with Gasteiger partial charge in [-0.2, -0.15) is 5.10 Å². The van der Waals surface area contributed by atoms with E-state index in [1.54, 1.807) is 34.9 Å². The van der Waals surface area contributed by atoms with E-state index in [0.29, 0.717) is 20.5 Å². The molecular formula is C22H18ClN5O3S2. The summed E-state index contributed by atoms with van der Waals surface area (Å²) in [4.78, 5) is 38.8. The number of H-pyrrole nitrogens is 1. The van der Waals surface area contributed by atoms with Crippen LogP contribution in [0.5, 0.6) is 0 Å². The van der Waals surface area contributed by atoms with E-state index >= 15 is 0 Å². The number of nitrogens with zero attached hydrogens (tertiary/aromatic N) is 3. The van der Waals surface area contributed by atoms with Gasteiger partial charge in [-0.05, 0) is 59.9 Å². The molecule has 11 heteroatoms. The number of halogens is 1. The molecule has 2 N–H and O–H groups in total. The Labute approximate surface area is 203 Å². The molecule has 3 aromatic rings. The highest BCUT2D eigenvalue weighted by Crippen LogP contribution is 2.31. The number of amides is 3. The molecule has 4 rings (SSSR count). The van der Waals surface area contributed by atoms with Crippen LogP contribution in [0, 0.1) is 4.77 Å². The zero-order chi connectivity index (χ0) is 23.4. The van der Waals surface area contributed by atoms with Gasteiger partial charge in [-0.15, -0.1) is 0 Å². The summed E-state index contributed by atoms with van der Waals surface area (Å²) in [6.07, 6.45) is 1.68. The van der Waals surface area contributed by atoms with E-state index in [0.717, 1.165) is 27.8 Å². The smallest absolute Gasteiger partial charge is 0.293 e. The monoisotopic (exact) mass is 499 g/mol. The minimum absolute atomic E-state index is 0.0664. The van der Waals surface area contributed by atoms with E-state index in [9.17, 15) is 14.4 Å². The van der Waals surface area contributed by atoms with Crippen molar-refractivity contribution in [2.24, 2.45) is 0 Å². The minimum Gasteiger partial charge on any atom is -0.353 e. The number of hydrogen-bond acceptors (Lipinski definition) is 6. The zero-order valence-corrected chi connectivity index (χ0v) is 19.5. The lowest BCUT2D eigenvalue weighted by molar-refractivity contribution is -0.124. The van der Waals surface area contributed by atoms with E-state index < -0.39 is 0 Å². The summed E-state index contributed by atoms with van der Waals surface area (Å²) >= 11 is 12.1. The number of rotatable bonds is 7. The highest BCUT2D eigenvalue weighted by molar-refractivity contribution is 8.18. The Kier molecular flexibility index (Phi) is 7.07. The van der Waals surface area contributed by atoms with Crippen molar-refractivity contribution in [3.8, 4) is 11.4 Å². The van der Waals surface area contributed by atoms with Crippen LogP contribution in [0.2, 0.25) is 5.02 Å². The number of aromatic nitrogens is 3. The van der Waals surface area contributed by atoms with Gasteiger partial charge in [0.2, 0.25) is 5.91 Å². The van der Waals surface area contributed by atoms with Crippen molar-refractivity contribution in [2.45, 2.75) is 6.54 Å². The van der Waals surface area contributed by atoms with E-state index in [1.165, 1.54) is 0 Å². The molecule has 1 saturated heterocycles. The number of thioether (sulfide) groups is 1. The summed E-state index contributed by atoms with van der Waals surface area (Å²) in [5, 5.41) is 9.83. The van der Waals surface area contributed by atoms with Crippen LogP contribution in [0.3, 0.4) is 0 Å². The van der Waals surface area contributed by atoms with Crippen molar-refractivity contribution in [3.63, 3.8) is 0 Å². The lowest BCUT2D eigenvalue weighted by Crippen LogP contribution is -2.38. The highest BCUT2D eigenvalue weighted by Gasteiger charge is 2.34. The molecule has 0 aliphatic carbocycles. The van der Waals surface area contributed by atoms with Crippen molar-refractivity contribution < 1.29 is 14.4 Å². The SMILES string of the molecule is O=C(Cn1c(-c2ccc(Cl)cc2)n[nH]c1=S)NCCN1C(=O)S/C(=C\c2ccccc2)C1=O. The molecule has 3 amide bonds. The molecular weight excluding hydrogens is 482 g/mol. The maximum absolute atomic E-state index is 12.6. The van der Waals surface area contributed by atoms with Crippen LogP contribution in [0.25, 0.3) is 17.5 Å². The third-order valence-electron chi connectivity index (χ3n) is 4.79. The molecule has 1 aliphatic rings. The molecule has 1 fully saturated rings. The fourth-order valence-electron chi connectivity index (χ4n) is 3.18. The molecule has 1 aliphatic heterocycles. The Balaban J connectivity index is 1.35. The molecule has 1 aromatic heterocycles. The number of aromatic amines is 1. The maximum atomic E-state index is 12.6. The first-order valence-corrected chi connectivity index (χ1v) is 11.5. The van der Waals surface area contributed by atoms with E-state index in [1.807, 2.05) is 30.3 Å². The number of benzene rings is 2. The van der Waals surface area contributed by atoms with Crippen molar-refractivity contribution in [3.05, 3.63) is 74.9 Å². The van der Waals surface area contributed by atoms with Gasteiger partial charge in [0.15, 0.2) is 10.6 Å². The zero-order valence-electron chi connectivity index (χ0n) is 17.2. The first-order chi connectivity index (χ1) is 15.9. The van der Waals surface area contributed by atoms with E-state index in [4.69, 9.17) is 23.8 Å². The fraction of sp³-hybridized carbons (Fsp3) is 0.136. The van der Waals surface area contributed by atoms with Gasteiger partial charge in [0.25, 0.3) is 11.1 Å². The first kappa shape index (κ1) is 23.0. The third-order valence-corrected chi connectivity index (χ3v) is 6.26. The molecule has 2 aromatic carbocycles. The van der Waals surface area contributed by atoms with Crippen LogP contribution in [0.1, 0.15) is 5.56 Å². The Bertz CT molecular complexity index is 1290. The first-order valence-electron chi connectivity index (χ1n) is 9.90. The van der Waals surface area contributed by atoms with Gasteiger partial charge >= 0.3 is 0 Å². The lowest BCUT2D eigenvalue weighted by atomic mass is 10.2. The molecule has 168 valence electrons. The largest absolute Gasteiger partial charge is 0.353 e. The molecule has 0 saturated carbocycles. The molecule has 2 heterocycles. The molecule has 0 atom stereocenters. The highest BCUT2D eigenvalue weighted by atomic mass is 35.5. The van der Waals surface area contributed by atoms with Crippen molar-refractivity contribution >= 4 is 58.7 Å². The second-order valence-electron chi connectivity index (χ2n) is 7.04. The van der Waals surface area contributed by atoms with Gasteiger partial charge in [0.1, 0.15) is 6.54 Å². The second-order valence-corrected chi connectivity index (χ2v) is 8.86. The predicted octanol–water partition coefficient (Wildman–Crippen LogP) is 4.11. The Hall–Kier alpha value is -3.21. The number of nitrogens with one attached hydrogen (secondary N) is 2. The van der Waals surface area contributed by atoms with Crippen LogP contribution in [-0.4, -0.2) is 49.8 Å². The summed E-state index contributed by atoms with van der Waals surface area (Å²) in [7, 11) is 0. The molecule has 8 nitrogen and oxygen atoms in total. The molecule has 0 spiro atoms. The lowest BCUT2D eigenvalue weighted by Gasteiger charge is -2.13. The topological polar surface area (TPSA) is 100 Å². The normalized spacial score (nSPS) is 14.8. The minimum atomic E-state index is -0.370. The quantitative estimate of drug-likeness (QED) is 0.375. The maximum Gasteiger partial charge on any atom is 0.293 e. The predicted molar refractivity (Wildman–Crippen MR) is 130 cm³/mol. The van der Waals surface area contributed by atoms with Crippen molar-refractivity contribution in [2.75, 3.05) is 13.1 Å². The summed E-state index contributed by atoms with van der Waals surface area (Å²) in [6.45, 7) is 0.128. The van der Waals surface area contributed by atoms with Crippen LogP contribution in [0.4, 0.5) is 4.79 Å². The number of hydrogen-bond donors (Lipinski definition) is 2. The second kappa shape index (κ2) is 10.2. The Morgan fingerprint density at radius 3 is 2.61 bits per heavy atom. The van der Waals surface area contributed by atoms with Crippen molar-refractivity contribution in [1.29, 1.82) is 0 Å². The van der Waals surface area contributed by atoms with Crippen LogP contribution in [0.15, 0.2) is 59.5 Å². The Morgan fingerprint density at radius 1 is 1.15 bits per heavy atom. The molecule has 0 unspecified atom stereocenters. The van der Waals surface area contributed by atoms with Gasteiger partial charge in [0, 0.05) is 23.7 Å². The molecule has 0 bridgehead atoms. The summed E-state index contributed by atoms with van der Waals surface area (Å²) in [5.41, 5.74) is 1.59. The van der Waals surface area contributed by atoms with Gasteiger partial charge in [0.05, 0.1) is 4.91 Å². The Morgan fingerprint density at radius 2 is 1.88 bits per heavy atom. The standard InChI is InChI=1S/C22H18ClN5O3S2/c23-16-8-6-15(7-9-16)19-25-26-21(32)28(19)13-18(29)24-10-11-27-20(30)17(33-22(27)31)12-14-4-2-1-3-5-14/h1-9,12H,10-11,13H2,(H,24,29)(H,26,32)/b17-12-. The number of carbonyl (C=O) groups is 3. The van der Waals surface area contributed by atoms with Crippen molar-refractivity contribution in [1.82, 2.24) is 25.0 Å². The molecule has 33 heavy (non-hydrogen) atoms. The van der Waals surface area contributed by atoms with Gasteiger partial charge < -0.3 is 5.32 Å². The molecule has 0 radical (unpaired) electrons. The number of imide groups is 1. The van der Waals surface area contributed by atoms with Gasteiger partial charge in [-0.25, -0.2) is 0 Å². The third kappa shape index (κ3) is 5.41.